The molecule has 2 bridgehead atoms. The average molecular weight is 384 g/mol. The van der Waals surface area contributed by atoms with Crippen molar-refractivity contribution >= 4 is 27.5 Å². The van der Waals surface area contributed by atoms with Crippen molar-refractivity contribution in [2.75, 3.05) is 7.05 Å². The van der Waals surface area contributed by atoms with E-state index >= 15 is 0 Å². The third kappa shape index (κ3) is 1.95. The molecule has 0 aliphatic carbocycles. The number of aromatic nitrogens is 2. The van der Waals surface area contributed by atoms with E-state index < -0.39 is 0 Å². The number of rotatable bonds is 0. The summed E-state index contributed by atoms with van der Waals surface area (Å²) in [6, 6.07) is 15.9. The van der Waals surface area contributed by atoms with Gasteiger partial charge in [-0.3, -0.25) is 9.30 Å². The van der Waals surface area contributed by atoms with Gasteiger partial charge in [0.05, 0.1) is 11.0 Å². The molecule has 2 aliphatic rings. The molecule has 3 nitrogen and oxygen atoms in total. The summed E-state index contributed by atoms with van der Waals surface area (Å²) in [5.74, 6) is 0. The summed E-state index contributed by atoms with van der Waals surface area (Å²) in [5, 5.41) is 2.50. The molecule has 148 valence electrons. The van der Waals surface area contributed by atoms with Gasteiger partial charge in [0, 0.05) is 27.6 Å². The molecular formula is C26H29N3. The first-order valence-electron chi connectivity index (χ1n) is 10.8. The topological polar surface area (TPSA) is 20.5 Å². The summed E-state index contributed by atoms with van der Waals surface area (Å²) in [6.45, 7) is 11.7. The molecular weight excluding hydrogens is 354 g/mol. The number of hydrogen-bond acceptors (Lipinski definition) is 2. The van der Waals surface area contributed by atoms with E-state index in [1.54, 1.807) is 0 Å². The van der Waals surface area contributed by atoms with Gasteiger partial charge in [0.25, 0.3) is 0 Å². The second-order valence-electron chi connectivity index (χ2n) is 10.6. The van der Waals surface area contributed by atoms with E-state index in [0.29, 0.717) is 0 Å². The van der Waals surface area contributed by atoms with Crippen LogP contribution in [0.25, 0.3) is 27.5 Å². The Labute approximate surface area is 172 Å². The Hall–Kier alpha value is -2.39. The summed E-state index contributed by atoms with van der Waals surface area (Å²) in [5.41, 5.74) is 8.04. The predicted molar refractivity (Wildman–Crippen MR) is 121 cm³/mol. The third-order valence-electron chi connectivity index (χ3n) is 8.04. The Morgan fingerprint density at radius 3 is 2.28 bits per heavy atom. The molecule has 0 N–H and O–H groups in total. The summed E-state index contributed by atoms with van der Waals surface area (Å²) in [7, 11) is 2.30. The quantitative estimate of drug-likeness (QED) is 0.365. The van der Waals surface area contributed by atoms with Gasteiger partial charge >= 0.3 is 0 Å². The Morgan fingerprint density at radius 1 is 0.931 bits per heavy atom. The van der Waals surface area contributed by atoms with Crippen molar-refractivity contribution in [1.29, 1.82) is 0 Å². The van der Waals surface area contributed by atoms with Gasteiger partial charge < -0.3 is 0 Å². The fourth-order valence-corrected chi connectivity index (χ4v) is 6.03. The van der Waals surface area contributed by atoms with Crippen LogP contribution in [0.2, 0.25) is 0 Å². The second kappa shape index (κ2) is 5.02. The summed E-state index contributed by atoms with van der Waals surface area (Å²) in [6.07, 6.45) is 2.45. The summed E-state index contributed by atoms with van der Waals surface area (Å²) < 4.78 is 2.43. The number of hydrogen-bond donors (Lipinski definition) is 0. The van der Waals surface area contributed by atoms with Crippen molar-refractivity contribution in [2.45, 2.75) is 64.0 Å². The number of nitrogens with zero attached hydrogens (tertiary/aromatic N) is 3. The SMILES string of the molecule is CN1C2(C)CCC1(C)c1cc3c(cc12)nc1c2ccccc2cc(C(C)(C)C)n31. The van der Waals surface area contributed by atoms with E-state index in [0.717, 1.165) is 11.2 Å². The predicted octanol–water partition coefficient (Wildman–Crippen LogP) is 6.11. The first-order chi connectivity index (χ1) is 13.6. The molecule has 2 aromatic heterocycles. The van der Waals surface area contributed by atoms with E-state index in [2.05, 4.69) is 93.4 Å². The minimum atomic E-state index is 0.0284. The van der Waals surface area contributed by atoms with Crippen LogP contribution in [-0.2, 0) is 16.5 Å². The second-order valence-corrected chi connectivity index (χ2v) is 10.6. The van der Waals surface area contributed by atoms with Crippen LogP contribution in [0.3, 0.4) is 0 Å². The van der Waals surface area contributed by atoms with Crippen LogP contribution in [-0.4, -0.2) is 21.3 Å². The molecule has 0 saturated carbocycles. The molecule has 4 heterocycles. The molecule has 2 aromatic carbocycles. The molecule has 6 rings (SSSR count). The molecule has 29 heavy (non-hydrogen) atoms. The lowest BCUT2D eigenvalue weighted by Crippen LogP contribution is -2.37. The van der Waals surface area contributed by atoms with E-state index in [4.69, 9.17) is 4.98 Å². The van der Waals surface area contributed by atoms with Gasteiger partial charge in [-0.05, 0) is 68.4 Å². The number of imidazole rings is 1. The largest absolute Gasteiger partial charge is 0.296 e. The first-order valence-corrected chi connectivity index (χ1v) is 10.8. The third-order valence-corrected chi connectivity index (χ3v) is 8.04. The summed E-state index contributed by atoms with van der Waals surface area (Å²) >= 11 is 0. The minimum absolute atomic E-state index is 0.0284. The van der Waals surface area contributed by atoms with E-state index in [9.17, 15) is 0 Å². The van der Waals surface area contributed by atoms with Crippen molar-refractivity contribution in [1.82, 2.24) is 14.3 Å². The van der Waals surface area contributed by atoms with Gasteiger partial charge in [-0.15, -0.1) is 0 Å². The molecule has 0 spiro atoms. The lowest BCUT2D eigenvalue weighted by atomic mass is 9.78. The lowest BCUT2D eigenvalue weighted by molar-refractivity contribution is 0.120. The summed E-state index contributed by atoms with van der Waals surface area (Å²) in [4.78, 5) is 7.80. The van der Waals surface area contributed by atoms with Crippen molar-refractivity contribution in [2.24, 2.45) is 0 Å². The van der Waals surface area contributed by atoms with Crippen LogP contribution < -0.4 is 0 Å². The van der Waals surface area contributed by atoms with E-state index in [-0.39, 0.29) is 16.5 Å². The van der Waals surface area contributed by atoms with Crippen LogP contribution in [0.5, 0.6) is 0 Å². The van der Waals surface area contributed by atoms with Gasteiger partial charge in [0.1, 0.15) is 5.65 Å². The van der Waals surface area contributed by atoms with Crippen LogP contribution in [0.4, 0.5) is 0 Å². The smallest absolute Gasteiger partial charge is 0.146 e. The standard InChI is InChI=1S/C26H29N3/c1-24(2,3)22-13-16-9-7-8-10-17(16)23-27-20-14-18-19(15-21(20)29(22)23)26(5)12-11-25(18,4)28(26)6/h7-10,13-15H,11-12H2,1-6H3. The van der Waals surface area contributed by atoms with Crippen molar-refractivity contribution < 1.29 is 0 Å². The highest BCUT2D eigenvalue weighted by Gasteiger charge is 2.57. The molecule has 2 unspecified atom stereocenters. The molecule has 2 atom stereocenters. The van der Waals surface area contributed by atoms with Crippen LogP contribution >= 0.6 is 0 Å². The van der Waals surface area contributed by atoms with E-state index in [1.807, 2.05) is 0 Å². The highest BCUT2D eigenvalue weighted by molar-refractivity contribution is 5.99. The number of benzene rings is 2. The first kappa shape index (κ1) is 17.5. The average Bonchev–Trinajstić information content (AvgIpc) is 3.22. The Balaban J connectivity index is 1.80. The maximum atomic E-state index is 5.20. The number of pyridine rings is 1. The molecule has 2 aliphatic heterocycles. The van der Waals surface area contributed by atoms with Crippen molar-refractivity contribution in [3.05, 3.63) is 59.3 Å². The number of fused-ring (bicyclic) bond motifs is 10. The minimum Gasteiger partial charge on any atom is -0.296 e. The Morgan fingerprint density at radius 2 is 1.59 bits per heavy atom. The fourth-order valence-electron chi connectivity index (χ4n) is 6.03. The van der Waals surface area contributed by atoms with Crippen molar-refractivity contribution in [3.63, 3.8) is 0 Å². The molecule has 1 fully saturated rings. The monoisotopic (exact) mass is 383 g/mol. The molecule has 3 heteroatoms. The van der Waals surface area contributed by atoms with Gasteiger partial charge in [-0.1, -0.05) is 45.0 Å². The molecule has 1 saturated heterocycles. The zero-order chi connectivity index (χ0) is 20.3. The molecule has 0 radical (unpaired) electrons. The van der Waals surface area contributed by atoms with E-state index in [1.165, 1.54) is 46.0 Å². The maximum absolute atomic E-state index is 5.20. The normalized spacial score (nSPS) is 26.8. The highest BCUT2D eigenvalue weighted by atomic mass is 15.3. The van der Waals surface area contributed by atoms with Gasteiger partial charge in [-0.2, -0.15) is 0 Å². The fraction of sp³-hybridized carbons (Fsp3) is 0.423. The highest BCUT2D eigenvalue weighted by Crippen LogP contribution is 2.59. The van der Waals surface area contributed by atoms with Crippen molar-refractivity contribution in [3.8, 4) is 0 Å². The van der Waals surface area contributed by atoms with Crippen LogP contribution in [0.15, 0.2) is 42.5 Å². The Kier molecular flexibility index (Phi) is 3.02. The van der Waals surface area contributed by atoms with Crippen LogP contribution in [0.1, 0.15) is 64.3 Å². The Bertz CT molecular complexity index is 1340. The lowest BCUT2D eigenvalue weighted by Gasteiger charge is -2.31. The maximum Gasteiger partial charge on any atom is 0.146 e. The van der Waals surface area contributed by atoms with Gasteiger partial charge in [0.2, 0.25) is 0 Å². The van der Waals surface area contributed by atoms with Crippen LogP contribution in [0, 0.1) is 0 Å². The van der Waals surface area contributed by atoms with Gasteiger partial charge in [0.15, 0.2) is 0 Å². The molecule has 0 amide bonds. The molecule has 4 aromatic rings. The zero-order valence-corrected chi connectivity index (χ0v) is 18.3. The zero-order valence-electron chi connectivity index (χ0n) is 18.3. The van der Waals surface area contributed by atoms with Gasteiger partial charge in [-0.25, -0.2) is 4.98 Å².